The van der Waals surface area contributed by atoms with Crippen molar-refractivity contribution in [3.8, 4) is 0 Å². The zero-order valence-electron chi connectivity index (χ0n) is 12.1. The third-order valence-corrected chi connectivity index (χ3v) is 3.18. The summed E-state index contributed by atoms with van der Waals surface area (Å²) in [6, 6.07) is 1.84. The van der Waals surface area contributed by atoms with E-state index in [9.17, 15) is 4.79 Å². The van der Waals surface area contributed by atoms with Crippen molar-refractivity contribution in [1.29, 1.82) is 0 Å². The molecular formula is C14H22N4O2. The molecule has 1 atom stereocenters. The zero-order chi connectivity index (χ0) is 14.4. The standard InChI is InChI=1S/C14H22N4O2/c1-18(2)9-13(19)16-8-12-5-6-15-14(17-12)11-4-3-7-20-10-11/h5-6,11H,3-4,7-10H2,1-2H3,(H,16,19)/t11-/m1/s1. The third-order valence-electron chi connectivity index (χ3n) is 3.18. The van der Waals surface area contributed by atoms with E-state index >= 15 is 0 Å². The fourth-order valence-corrected chi connectivity index (χ4v) is 2.18. The quantitative estimate of drug-likeness (QED) is 0.852. The van der Waals surface area contributed by atoms with Gasteiger partial charge in [-0.3, -0.25) is 4.79 Å². The van der Waals surface area contributed by atoms with Gasteiger partial charge in [-0.15, -0.1) is 0 Å². The van der Waals surface area contributed by atoms with Crippen molar-refractivity contribution in [1.82, 2.24) is 20.2 Å². The fraction of sp³-hybridized carbons (Fsp3) is 0.643. The lowest BCUT2D eigenvalue weighted by atomic mass is 10.0. The summed E-state index contributed by atoms with van der Waals surface area (Å²) in [7, 11) is 3.73. The highest BCUT2D eigenvalue weighted by Gasteiger charge is 2.18. The van der Waals surface area contributed by atoms with Gasteiger partial charge in [0.2, 0.25) is 5.91 Å². The summed E-state index contributed by atoms with van der Waals surface area (Å²) in [6.07, 6.45) is 3.87. The van der Waals surface area contributed by atoms with E-state index < -0.39 is 0 Å². The average molecular weight is 278 g/mol. The number of carbonyl (C=O) groups is 1. The van der Waals surface area contributed by atoms with Crippen LogP contribution < -0.4 is 5.32 Å². The van der Waals surface area contributed by atoms with Crippen LogP contribution >= 0.6 is 0 Å². The topological polar surface area (TPSA) is 67.4 Å². The third kappa shape index (κ3) is 4.54. The molecule has 2 rings (SSSR count). The van der Waals surface area contributed by atoms with Crippen molar-refractivity contribution >= 4 is 5.91 Å². The van der Waals surface area contributed by atoms with E-state index in [1.807, 2.05) is 25.1 Å². The number of aromatic nitrogens is 2. The number of amides is 1. The van der Waals surface area contributed by atoms with Crippen LogP contribution in [0.25, 0.3) is 0 Å². The molecule has 1 N–H and O–H groups in total. The first kappa shape index (κ1) is 14.9. The molecule has 1 aliphatic heterocycles. The van der Waals surface area contributed by atoms with E-state index in [4.69, 9.17) is 4.74 Å². The molecule has 0 aliphatic carbocycles. The van der Waals surface area contributed by atoms with Gasteiger partial charge in [-0.05, 0) is 33.0 Å². The summed E-state index contributed by atoms with van der Waals surface area (Å²) in [5, 5.41) is 2.86. The minimum Gasteiger partial charge on any atom is -0.381 e. The SMILES string of the molecule is CN(C)CC(=O)NCc1ccnc([C@@H]2CCCOC2)n1. The number of nitrogens with zero attached hydrogens (tertiary/aromatic N) is 3. The second-order valence-corrected chi connectivity index (χ2v) is 5.33. The second-order valence-electron chi connectivity index (χ2n) is 5.33. The first-order valence-electron chi connectivity index (χ1n) is 6.96. The van der Waals surface area contributed by atoms with Gasteiger partial charge >= 0.3 is 0 Å². The average Bonchev–Trinajstić information content (AvgIpc) is 2.46. The van der Waals surface area contributed by atoms with Crippen LogP contribution in [0.2, 0.25) is 0 Å². The Kier molecular flexibility index (Phi) is 5.43. The minimum atomic E-state index is -0.00355. The Morgan fingerprint density at radius 2 is 2.40 bits per heavy atom. The lowest BCUT2D eigenvalue weighted by Crippen LogP contribution is -2.33. The second kappa shape index (κ2) is 7.31. The van der Waals surface area contributed by atoms with Crippen LogP contribution in [0.5, 0.6) is 0 Å². The highest BCUT2D eigenvalue weighted by molar-refractivity contribution is 5.77. The summed E-state index contributed by atoms with van der Waals surface area (Å²) in [5.74, 6) is 1.10. The summed E-state index contributed by atoms with van der Waals surface area (Å²) < 4.78 is 5.46. The lowest BCUT2D eigenvalue weighted by molar-refractivity contribution is -0.121. The van der Waals surface area contributed by atoms with Crippen molar-refractivity contribution in [2.24, 2.45) is 0 Å². The number of likely N-dealkylation sites (N-methyl/N-ethyl adjacent to an activating group) is 1. The summed E-state index contributed by atoms with van der Waals surface area (Å²) >= 11 is 0. The van der Waals surface area contributed by atoms with Crippen molar-refractivity contribution < 1.29 is 9.53 Å². The molecule has 6 heteroatoms. The Morgan fingerprint density at radius 3 is 3.10 bits per heavy atom. The summed E-state index contributed by atoms with van der Waals surface area (Å²) in [6.45, 7) is 2.34. The molecule has 1 saturated heterocycles. The van der Waals surface area contributed by atoms with Crippen LogP contribution in [0, 0.1) is 0 Å². The Morgan fingerprint density at radius 1 is 1.55 bits per heavy atom. The van der Waals surface area contributed by atoms with Gasteiger partial charge in [-0.2, -0.15) is 0 Å². The van der Waals surface area contributed by atoms with Crippen LogP contribution in [0.4, 0.5) is 0 Å². The summed E-state index contributed by atoms with van der Waals surface area (Å²) in [5.41, 5.74) is 0.840. The van der Waals surface area contributed by atoms with Gasteiger partial charge in [-0.1, -0.05) is 0 Å². The van der Waals surface area contributed by atoms with E-state index in [2.05, 4.69) is 15.3 Å². The van der Waals surface area contributed by atoms with E-state index in [1.54, 1.807) is 6.20 Å². The van der Waals surface area contributed by atoms with Gasteiger partial charge in [0, 0.05) is 18.7 Å². The van der Waals surface area contributed by atoms with Crippen LogP contribution in [0.15, 0.2) is 12.3 Å². The largest absolute Gasteiger partial charge is 0.381 e. The molecule has 0 aromatic carbocycles. The van der Waals surface area contributed by atoms with Gasteiger partial charge in [-0.25, -0.2) is 9.97 Å². The highest BCUT2D eigenvalue weighted by Crippen LogP contribution is 2.22. The predicted molar refractivity (Wildman–Crippen MR) is 75.2 cm³/mol. The molecule has 20 heavy (non-hydrogen) atoms. The number of nitrogens with one attached hydrogen (secondary N) is 1. The molecule has 1 aromatic heterocycles. The van der Waals surface area contributed by atoms with Gasteiger partial charge in [0.1, 0.15) is 5.82 Å². The number of rotatable bonds is 5. The molecule has 0 saturated carbocycles. The maximum atomic E-state index is 11.6. The van der Waals surface area contributed by atoms with Gasteiger partial charge in [0.25, 0.3) is 0 Å². The monoisotopic (exact) mass is 278 g/mol. The Balaban J connectivity index is 1.90. The molecule has 0 unspecified atom stereocenters. The highest BCUT2D eigenvalue weighted by atomic mass is 16.5. The lowest BCUT2D eigenvalue weighted by Gasteiger charge is -2.21. The summed E-state index contributed by atoms with van der Waals surface area (Å²) in [4.78, 5) is 22.3. The maximum Gasteiger partial charge on any atom is 0.234 e. The molecule has 1 amide bonds. The van der Waals surface area contributed by atoms with Crippen LogP contribution in [-0.2, 0) is 16.1 Å². The Hall–Kier alpha value is -1.53. The van der Waals surface area contributed by atoms with Crippen LogP contribution in [0.1, 0.15) is 30.3 Å². The molecule has 0 spiro atoms. The first-order valence-corrected chi connectivity index (χ1v) is 6.96. The van der Waals surface area contributed by atoms with Gasteiger partial charge < -0.3 is 15.0 Å². The van der Waals surface area contributed by atoms with Crippen LogP contribution in [-0.4, -0.2) is 54.6 Å². The molecule has 1 aliphatic rings. The normalized spacial score (nSPS) is 19.1. The molecular weight excluding hydrogens is 256 g/mol. The Labute approximate surface area is 119 Å². The Bertz CT molecular complexity index is 445. The zero-order valence-corrected chi connectivity index (χ0v) is 12.1. The van der Waals surface area contributed by atoms with Crippen molar-refractivity contribution in [3.63, 3.8) is 0 Å². The molecule has 1 aromatic rings. The number of ether oxygens (including phenoxy) is 1. The van der Waals surface area contributed by atoms with Crippen LogP contribution in [0.3, 0.4) is 0 Å². The van der Waals surface area contributed by atoms with E-state index in [-0.39, 0.29) is 11.8 Å². The molecule has 1 fully saturated rings. The predicted octanol–water partition coefficient (Wildman–Crippen LogP) is 0.548. The smallest absolute Gasteiger partial charge is 0.234 e. The molecule has 6 nitrogen and oxygen atoms in total. The van der Waals surface area contributed by atoms with E-state index in [0.717, 1.165) is 31.0 Å². The maximum absolute atomic E-state index is 11.6. The molecule has 0 radical (unpaired) electrons. The number of hydrogen-bond donors (Lipinski definition) is 1. The van der Waals surface area contributed by atoms with E-state index in [1.165, 1.54) is 0 Å². The van der Waals surface area contributed by atoms with E-state index in [0.29, 0.717) is 19.7 Å². The fourth-order valence-electron chi connectivity index (χ4n) is 2.18. The molecule has 2 heterocycles. The van der Waals surface area contributed by atoms with Crippen molar-refractivity contribution in [2.75, 3.05) is 33.9 Å². The molecule has 110 valence electrons. The van der Waals surface area contributed by atoms with Gasteiger partial charge in [0.15, 0.2) is 0 Å². The first-order chi connectivity index (χ1) is 9.65. The van der Waals surface area contributed by atoms with Gasteiger partial charge in [0.05, 0.1) is 25.4 Å². The minimum absolute atomic E-state index is 0.00355. The van der Waals surface area contributed by atoms with Crippen molar-refractivity contribution in [3.05, 3.63) is 23.8 Å². The number of hydrogen-bond acceptors (Lipinski definition) is 5. The van der Waals surface area contributed by atoms with Crippen molar-refractivity contribution in [2.45, 2.75) is 25.3 Å². The number of carbonyl (C=O) groups excluding carboxylic acids is 1. The molecule has 0 bridgehead atoms.